The lowest BCUT2D eigenvalue weighted by Crippen LogP contribution is -2.38. The summed E-state index contributed by atoms with van der Waals surface area (Å²) in [6, 6.07) is 3.90. The third-order valence-corrected chi connectivity index (χ3v) is 2.34. The predicted octanol–water partition coefficient (Wildman–Crippen LogP) is 1.97. The first-order valence-corrected chi connectivity index (χ1v) is 4.37. The van der Waals surface area contributed by atoms with E-state index in [2.05, 4.69) is 5.32 Å². The number of methoxy groups -OCH3 is 1. The predicted molar refractivity (Wildman–Crippen MR) is 51.6 cm³/mol. The molecule has 0 amide bonds. The third kappa shape index (κ3) is 2.11. The summed E-state index contributed by atoms with van der Waals surface area (Å²) >= 11 is 0. The van der Waals surface area contributed by atoms with Crippen LogP contribution < -0.4 is 5.32 Å². The van der Waals surface area contributed by atoms with E-state index in [-0.39, 0.29) is 11.6 Å². The van der Waals surface area contributed by atoms with Gasteiger partial charge in [0.15, 0.2) is 0 Å². The summed E-state index contributed by atoms with van der Waals surface area (Å²) in [5, 5.41) is 3.18. The molecule has 0 aliphatic carbocycles. The van der Waals surface area contributed by atoms with Crippen molar-refractivity contribution in [3.05, 3.63) is 24.2 Å². The minimum Gasteiger partial charge on any atom is -0.468 e. The first-order chi connectivity index (χ1) is 6.11. The maximum absolute atomic E-state index is 5.39. The first kappa shape index (κ1) is 10.3. The molecule has 0 fully saturated rings. The van der Waals surface area contributed by atoms with Gasteiger partial charge < -0.3 is 14.5 Å². The molecule has 0 spiro atoms. The van der Waals surface area contributed by atoms with Crippen molar-refractivity contribution in [2.24, 2.45) is 0 Å². The first-order valence-electron chi connectivity index (χ1n) is 4.37. The van der Waals surface area contributed by atoms with E-state index in [1.165, 1.54) is 0 Å². The summed E-state index contributed by atoms with van der Waals surface area (Å²) in [7, 11) is 3.60. The number of ether oxygens (including phenoxy) is 1. The van der Waals surface area contributed by atoms with Gasteiger partial charge in [0.05, 0.1) is 17.9 Å². The maximum Gasteiger partial charge on any atom is 0.123 e. The zero-order chi connectivity index (χ0) is 9.90. The summed E-state index contributed by atoms with van der Waals surface area (Å²) < 4.78 is 10.7. The molecule has 1 rings (SSSR count). The van der Waals surface area contributed by atoms with Crippen LogP contribution in [-0.2, 0) is 4.74 Å². The molecular formula is C10H17NO2. The molecule has 0 saturated carbocycles. The second-order valence-corrected chi connectivity index (χ2v) is 3.54. The number of hydrogen-bond donors (Lipinski definition) is 1. The Balaban J connectivity index is 2.86. The van der Waals surface area contributed by atoms with E-state index < -0.39 is 0 Å². The summed E-state index contributed by atoms with van der Waals surface area (Å²) in [5.74, 6) is 0.898. The lowest BCUT2D eigenvalue weighted by molar-refractivity contribution is -0.0147. The van der Waals surface area contributed by atoms with Gasteiger partial charge in [-0.3, -0.25) is 0 Å². The van der Waals surface area contributed by atoms with Crippen molar-refractivity contribution in [2.75, 3.05) is 14.2 Å². The Morgan fingerprint density at radius 3 is 2.62 bits per heavy atom. The summed E-state index contributed by atoms with van der Waals surface area (Å²) in [6.45, 7) is 4.05. The van der Waals surface area contributed by atoms with Crippen LogP contribution in [0.5, 0.6) is 0 Å². The highest BCUT2D eigenvalue weighted by Crippen LogP contribution is 2.27. The normalized spacial score (nSPS) is 14.5. The van der Waals surface area contributed by atoms with Crippen molar-refractivity contribution in [3.63, 3.8) is 0 Å². The van der Waals surface area contributed by atoms with Gasteiger partial charge in [-0.25, -0.2) is 0 Å². The van der Waals surface area contributed by atoms with Gasteiger partial charge in [-0.1, -0.05) is 0 Å². The van der Waals surface area contributed by atoms with Crippen molar-refractivity contribution in [1.29, 1.82) is 0 Å². The smallest absolute Gasteiger partial charge is 0.123 e. The molecule has 13 heavy (non-hydrogen) atoms. The fraction of sp³-hybridized carbons (Fsp3) is 0.600. The Bertz CT molecular complexity index is 241. The maximum atomic E-state index is 5.39. The Hall–Kier alpha value is -0.800. The number of rotatable bonds is 4. The van der Waals surface area contributed by atoms with Crippen molar-refractivity contribution >= 4 is 0 Å². The van der Waals surface area contributed by atoms with Crippen molar-refractivity contribution < 1.29 is 9.15 Å². The molecule has 3 nitrogen and oxygen atoms in total. The standard InChI is InChI=1S/C10H17NO2/c1-10(2,12-4)9(11-3)8-6-5-7-13-8/h5-7,9,11H,1-4H3. The molecule has 1 aromatic heterocycles. The van der Waals surface area contributed by atoms with E-state index in [0.717, 1.165) is 5.76 Å². The van der Waals surface area contributed by atoms with E-state index in [4.69, 9.17) is 9.15 Å². The van der Waals surface area contributed by atoms with Gasteiger partial charge in [-0.05, 0) is 33.0 Å². The number of hydrogen-bond acceptors (Lipinski definition) is 3. The average molecular weight is 183 g/mol. The molecule has 0 aromatic carbocycles. The van der Waals surface area contributed by atoms with Crippen LogP contribution in [0, 0.1) is 0 Å². The molecule has 0 bridgehead atoms. The van der Waals surface area contributed by atoms with Crippen molar-refractivity contribution in [1.82, 2.24) is 5.32 Å². The van der Waals surface area contributed by atoms with E-state index in [9.17, 15) is 0 Å². The van der Waals surface area contributed by atoms with Crippen LogP contribution in [0.3, 0.4) is 0 Å². The third-order valence-electron chi connectivity index (χ3n) is 2.34. The molecule has 1 unspecified atom stereocenters. The number of furan rings is 1. The lowest BCUT2D eigenvalue weighted by atomic mass is 9.96. The van der Waals surface area contributed by atoms with E-state index in [0.29, 0.717) is 0 Å². The topological polar surface area (TPSA) is 34.4 Å². The number of likely N-dealkylation sites (N-methyl/N-ethyl adjacent to an activating group) is 1. The minimum atomic E-state index is -0.271. The van der Waals surface area contributed by atoms with Gasteiger partial charge in [0, 0.05) is 7.11 Å². The van der Waals surface area contributed by atoms with Gasteiger partial charge in [0.2, 0.25) is 0 Å². The second kappa shape index (κ2) is 3.94. The van der Waals surface area contributed by atoms with E-state index >= 15 is 0 Å². The molecule has 74 valence electrons. The van der Waals surface area contributed by atoms with E-state index in [1.54, 1.807) is 13.4 Å². The van der Waals surface area contributed by atoms with Crippen LogP contribution in [0.2, 0.25) is 0 Å². The van der Waals surface area contributed by atoms with Gasteiger partial charge >= 0.3 is 0 Å². The quantitative estimate of drug-likeness (QED) is 0.775. The fourth-order valence-electron chi connectivity index (χ4n) is 1.41. The van der Waals surface area contributed by atoms with Gasteiger partial charge in [0.25, 0.3) is 0 Å². The zero-order valence-electron chi connectivity index (χ0n) is 8.63. The number of nitrogens with one attached hydrogen (secondary N) is 1. The SMILES string of the molecule is CNC(c1ccco1)C(C)(C)OC. The lowest BCUT2D eigenvalue weighted by Gasteiger charge is -2.31. The van der Waals surface area contributed by atoms with Crippen LogP contribution in [0.15, 0.2) is 22.8 Å². The molecule has 1 heterocycles. The Morgan fingerprint density at radius 1 is 1.54 bits per heavy atom. The van der Waals surface area contributed by atoms with Crippen LogP contribution in [0.25, 0.3) is 0 Å². The summed E-state index contributed by atoms with van der Waals surface area (Å²) in [5.41, 5.74) is -0.271. The average Bonchev–Trinajstić information content (AvgIpc) is 2.58. The molecule has 0 saturated heterocycles. The molecular weight excluding hydrogens is 166 g/mol. The van der Waals surface area contributed by atoms with E-state index in [1.807, 2.05) is 33.0 Å². The highest BCUT2D eigenvalue weighted by Gasteiger charge is 2.31. The summed E-state index contributed by atoms with van der Waals surface area (Å²) in [6.07, 6.45) is 1.67. The summed E-state index contributed by atoms with van der Waals surface area (Å²) in [4.78, 5) is 0. The van der Waals surface area contributed by atoms with Crippen molar-refractivity contribution in [3.8, 4) is 0 Å². The van der Waals surface area contributed by atoms with Crippen LogP contribution in [0.1, 0.15) is 25.6 Å². The molecule has 1 N–H and O–H groups in total. The van der Waals surface area contributed by atoms with Crippen LogP contribution >= 0.6 is 0 Å². The highest BCUT2D eigenvalue weighted by atomic mass is 16.5. The molecule has 1 aromatic rings. The molecule has 0 aliphatic rings. The fourth-order valence-corrected chi connectivity index (χ4v) is 1.41. The molecule has 3 heteroatoms. The molecule has 0 radical (unpaired) electrons. The van der Waals surface area contributed by atoms with Crippen LogP contribution in [0.4, 0.5) is 0 Å². The molecule has 0 aliphatic heterocycles. The van der Waals surface area contributed by atoms with Gasteiger partial charge in [-0.15, -0.1) is 0 Å². The highest BCUT2D eigenvalue weighted by molar-refractivity contribution is 5.09. The Labute approximate surface area is 79.1 Å². The Morgan fingerprint density at radius 2 is 2.23 bits per heavy atom. The largest absolute Gasteiger partial charge is 0.468 e. The van der Waals surface area contributed by atoms with Gasteiger partial charge in [0.1, 0.15) is 5.76 Å². The monoisotopic (exact) mass is 183 g/mol. The second-order valence-electron chi connectivity index (χ2n) is 3.54. The van der Waals surface area contributed by atoms with Crippen LogP contribution in [-0.4, -0.2) is 19.8 Å². The van der Waals surface area contributed by atoms with Gasteiger partial charge in [-0.2, -0.15) is 0 Å². The Kier molecular flexibility index (Phi) is 3.12. The zero-order valence-corrected chi connectivity index (χ0v) is 8.63. The van der Waals surface area contributed by atoms with Crippen molar-refractivity contribution in [2.45, 2.75) is 25.5 Å². The minimum absolute atomic E-state index is 0.0764. The molecule has 1 atom stereocenters.